The van der Waals surface area contributed by atoms with Crippen LogP contribution in [0.3, 0.4) is 0 Å². The fourth-order valence-electron chi connectivity index (χ4n) is 1.72. The van der Waals surface area contributed by atoms with Crippen molar-refractivity contribution in [3.8, 4) is 5.75 Å². The first-order chi connectivity index (χ1) is 10.5. The Bertz CT molecular complexity index is 720. The first-order valence-corrected chi connectivity index (χ1v) is 7.82. The number of carbonyl (C=O) groups is 2. The largest absolute Gasteiger partial charge is 0.483 e. The molecule has 7 heteroatoms. The number of anilines is 1. The summed E-state index contributed by atoms with van der Waals surface area (Å²) in [5.74, 6) is -0.672. The van der Waals surface area contributed by atoms with Crippen molar-refractivity contribution >= 4 is 49.4 Å². The van der Waals surface area contributed by atoms with Gasteiger partial charge >= 0.3 is 0 Å². The number of hydrogen-bond acceptors (Lipinski definition) is 3. The Morgan fingerprint density at radius 1 is 1.14 bits per heavy atom. The molecule has 0 aliphatic heterocycles. The molecular formula is C15H12Br2N2O3. The van der Waals surface area contributed by atoms with Crippen LogP contribution in [0.15, 0.2) is 51.4 Å². The molecule has 0 fully saturated rings. The minimum atomic E-state index is -0.605. The van der Waals surface area contributed by atoms with Gasteiger partial charge in [0.05, 0.1) is 11.3 Å². The van der Waals surface area contributed by atoms with Crippen LogP contribution in [-0.4, -0.2) is 18.4 Å². The molecule has 0 aliphatic carbocycles. The van der Waals surface area contributed by atoms with Gasteiger partial charge in [-0.05, 0) is 46.3 Å². The summed E-state index contributed by atoms with van der Waals surface area (Å²) >= 11 is 6.69. The summed E-state index contributed by atoms with van der Waals surface area (Å²) in [5, 5.41) is 2.71. The molecule has 22 heavy (non-hydrogen) atoms. The minimum absolute atomic E-state index is 0.229. The molecule has 114 valence electrons. The summed E-state index contributed by atoms with van der Waals surface area (Å²) in [4.78, 5) is 23.2. The quantitative estimate of drug-likeness (QED) is 0.767. The van der Waals surface area contributed by atoms with Gasteiger partial charge in [-0.25, -0.2) is 0 Å². The lowest BCUT2D eigenvalue weighted by atomic mass is 10.2. The highest BCUT2D eigenvalue weighted by atomic mass is 79.9. The molecule has 0 aromatic heterocycles. The molecule has 0 aliphatic rings. The van der Waals surface area contributed by atoms with Gasteiger partial charge in [0.1, 0.15) is 5.75 Å². The van der Waals surface area contributed by atoms with E-state index in [-0.39, 0.29) is 23.8 Å². The van der Waals surface area contributed by atoms with Gasteiger partial charge in [0.25, 0.3) is 11.8 Å². The Labute approximate surface area is 144 Å². The molecule has 0 unspecified atom stereocenters. The summed E-state index contributed by atoms with van der Waals surface area (Å²) in [6, 6.07) is 11.9. The lowest BCUT2D eigenvalue weighted by molar-refractivity contribution is -0.118. The molecule has 0 spiro atoms. The van der Waals surface area contributed by atoms with E-state index in [4.69, 9.17) is 10.5 Å². The van der Waals surface area contributed by atoms with Gasteiger partial charge in [0.15, 0.2) is 6.61 Å². The Morgan fingerprint density at radius 2 is 1.86 bits per heavy atom. The fourth-order valence-corrected chi connectivity index (χ4v) is 2.86. The van der Waals surface area contributed by atoms with E-state index in [0.717, 1.165) is 8.95 Å². The van der Waals surface area contributed by atoms with Crippen molar-refractivity contribution in [1.29, 1.82) is 0 Å². The molecule has 0 heterocycles. The lowest BCUT2D eigenvalue weighted by Crippen LogP contribution is -2.21. The minimum Gasteiger partial charge on any atom is -0.483 e. The Hall–Kier alpha value is -1.86. The Kier molecular flexibility index (Phi) is 5.57. The van der Waals surface area contributed by atoms with Crippen molar-refractivity contribution in [2.75, 3.05) is 11.9 Å². The number of nitrogens with one attached hydrogen (secondary N) is 1. The van der Waals surface area contributed by atoms with Crippen LogP contribution in [0.5, 0.6) is 5.75 Å². The van der Waals surface area contributed by atoms with E-state index >= 15 is 0 Å². The molecule has 0 saturated heterocycles. The highest BCUT2D eigenvalue weighted by molar-refractivity contribution is 9.11. The zero-order valence-electron chi connectivity index (χ0n) is 11.3. The molecule has 3 N–H and O–H groups in total. The number of benzene rings is 2. The molecule has 2 aromatic rings. The van der Waals surface area contributed by atoms with Crippen molar-refractivity contribution < 1.29 is 14.3 Å². The molecule has 2 aromatic carbocycles. The highest BCUT2D eigenvalue weighted by Gasteiger charge is 2.11. The summed E-state index contributed by atoms with van der Waals surface area (Å²) in [6.07, 6.45) is 0. The first kappa shape index (κ1) is 16.5. The van der Waals surface area contributed by atoms with Gasteiger partial charge in [-0.3, -0.25) is 9.59 Å². The van der Waals surface area contributed by atoms with E-state index in [1.807, 2.05) is 12.1 Å². The van der Waals surface area contributed by atoms with E-state index in [2.05, 4.69) is 37.2 Å². The predicted octanol–water partition coefficient (Wildman–Crippen LogP) is 3.33. The van der Waals surface area contributed by atoms with Crippen LogP contribution in [0.4, 0.5) is 5.69 Å². The summed E-state index contributed by atoms with van der Waals surface area (Å²) < 4.78 is 6.99. The van der Waals surface area contributed by atoms with Crippen molar-refractivity contribution in [1.82, 2.24) is 0 Å². The highest BCUT2D eigenvalue weighted by Crippen LogP contribution is 2.26. The van der Waals surface area contributed by atoms with Crippen molar-refractivity contribution in [3.05, 3.63) is 57.0 Å². The van der Waals surface area contributed by atoms with Crippen LogP contribution < -0.4 is 15.8 Å². The fraction of sp³-hybridized carbons (Fsp3) is 0.0667. The molecule has 0 radical (unpaired) electrons. The number of para-hydroxylation sites is 1. The SMILES string of the molecule is NC(=O)c1ccccc1OCC(=O)Nc1ccc(Br)cc1Br. The lowest BCUT2D eigenvalue weighted by Gasteiger charge is -2.11. The second-order valence-corrected chi connectivity index (χ2v) is 6.09. The van der Waals surface area contributed by atoms with Crippen LogP contribution in [-0.2, 0) is 4.79 Å². The average Bonchev–Trinajstić information content (AvgIpc) is 2.48. The maximum atomic E-state index is 11.9. The summed E-state index contributed by atoms with van der Waals surface area (Å²) in [6.45, 7) is -0.229. The maximum Gasteiger partial charge on any atom is 0.262 e. The third-order valence-electron chi connectivity index (χ3n) is 2.72. The van der Waals surface area contributed by atoms with Crippen LogP contribution in [0, 0.1) is 0 Å². The molecule has 0 bridgehead atoms. The van der Waals surface area contributed by atoms with Crippen LogP contribution in [0.1, 0.15) is 10.4 Å². The van der Waals surface area contributed by atoms with E-state index in [1.54, 1.807) is 30.3 Å². The standard InChI is InChI=1S/C15H12Br2N2O3/c16-9-5-6-12(11(17)7-9)19-14(20)8-22-13-4-2-1-3-10(13)15(18)21/h1-7H,8H2,(H2,18,21)(H,19,20). The van der Waals surface area contributed by atoms with E-state index in [9.17, 15) is 9.59 Å². The number of amides is 2. The van der Waals surface area contributed by atoms with Crippen LogP contribution >= 0.6 is 31.9 Å². The molecular weight excluding hydrogens is 416 g/mol. The van der Waals surface area contributed by atoms with Crippen LogP contribution in [0.2, 0.25) is 0 Å². The van der Waals surface area contributed by atoms with Crippen LogP contribution in [0.25, 0.3) is 0 Å². The van der Waals surface area contributed by atoms with Gasteiger partial charge in [-0.2, -0.15) is 0 Å². The van der Waals surface area contributed by atoms with Gasteiger partial charge in [-0.1, -0.05) is 28.1 Å². The number of halogens is 2. The van der Waals surface area contributed by atoms with Crippen molar-refractivity contribution in [2.45, 2.75) is 0 Å². The number of rotatable bonds is 5. The monoisotopic (exact) mass is 426 g/mol. The number of hydrogen-bond donors (Lipinski definition) is 2. The second kappa shape index (κ2) is 7.42. The van der Waals surface area contributed by atoms with E-state index in [1.165, 1.54) is 0 Å². The number of ether oxygens (including phenoxy) is 1. The van der Waals surface area contributed by atoms with E-state index < -0.39 is 5.91 Å². The predicted molar refractivity (Wildman–Crippen MR) is 90.9 cm³/mol. The van der Waals surface area contributed by atoms with Gasteiger partial charge in [0.2, 0.25) is 0 Å². The normalized spacial score (nSPS) is 10.1. The Balaban J connectivity index is 2.00. The molecule has 2 rings (SSSR count). The number of nitrogens with two attached hydrogens (primary N) is 1. The second-order valence-electron chi connectivity index (χ2n) is 4.32. The van der Waals surface area contributed by atoms with Gasteiger partial charge in [-0.15, -0.1) is 0 Å². The van der Waals surface area contributed by atoms with Crippen molar-refractivity contribution in [2.24, 2.45) is 5.73 Å². The third-order valence-corrected chi connectivity index (χ3v) is 3.87. The topological polar surface area (TPSA) is 81.4 Å². The zero-order valence-corrected chi connectivity index (χ0v) is 14.5. The number of carbonyl (C=O) groups excluding carboxylic acids is 2. The van der Waals surface area contributed by atoms with E-state index in [0.29, 0.717) is 5.69 Å². The van der Waals surface area contributed by atoms with Crippen molar-refractivity contribution in [3.63, 3.8) is 0 Å². The molecule has 2 amide bonds. The van der Waals surface area contributed by atoms with Gasteiger partial charge < -0.3 is 15.8 Å². The average molecular weight is 428 g/mol. The maximum absolute atomic E-state index is 11.9. The summed E-state index contributed by atoms with van der Waals surface area (Å²) in [7, 11) is 0. The third kappa shape index (κ3) is 4.32. The van der Waals surface area contributed by atoms with Gasteiger partial charge in [0, 0.05) is 8.95 Å². The Morgan fingerprint density at radius 3 is 2.55 bits per heavy atom. The summed E-state index contributed by atoms with van der Waals surface area (Å²) in [5.41, 5.74) is 6.11. The number of primary amides is 1. The molecule has 0 atom stereocenters. The smallest absolute Gasteiger partial charge is 0.262 e. The molecule has 5 nitrogen and oxygen atoms in total. The molecule has 0 saturated carbocycles. The first-order valence-electron chi connectivity index (χ1n) is 6.24. The zero-order chi connectivity index (χ0) is 16.1.